The molecule has 3 heteroatoms. The Bertz CT molecular complexity index is 675. The molecular weight excluding hydrogens is 278 g/mol. The van der Waals surface area contributed by atoms with Crippen LogP contribution in [0.1, 0.15) is 43.2 Å². The summed E-state index contributed by atoms with van der Waals surface area (Å²) in [7, 11) is 0. The highest BCUT2D eigenvalue weighted by molar-refractivity contribution is 7.18. The molecule has 2 heterocycles. The molecule has 4 saturated carbocycles. The zero-order chi connectivity index (χ0) is 13.6. The van der Waals surface area contributed by atoms with E-state index in [0.717, 1.165) is 29.2 Å². The number of ether oxygens (including phenoxy) is 1. The molecule has 1 atom stereocenters. The van der Waals surface area contributed by atoms with Gasteiger partial charge in [0.1, 0.15) is 16.7 Å². The summed E-state index contributed by atoms with van der Waals surface area (Å²) in [5, 5.41) is 1.24. The minimum absolute atomic E-state index is 0.196. The van der Waals surface area contributed by atoms with Crippen LogP contribution >= 0.6 is 11.3 Å². The Morgan fingerprint density at radius 3 is 2.43 bits per heavy atom. The molecule has 5 aliphatic rings. The fourth-order valence-electron chi connectivity index (χ4n) is 5.96. The summed E-state index contributed by atoms with van der Waals surface area (Å²) in [5.74, 6) is 3.67. The van der Waals surface area contributed by atoms with E-state index in [9.17, 15) is 0 Å². The Labute approximate surface area is 128 Å². The Hall–Kier alpha value is -0.930. The van der Waals surface area contributed by atoms with Crippen molar-refractivity contribution in [3.63, 3.8) is 0 Å². The van der Waals surface area contributed by atoms with E-state index in [1.54, 1.807) is 0 Å². The molecule has 7 rings (SSSR count). The van der Waals surface area contributed by atoms with Gasteiger partial charge in [0.15, 0.2) is 0 Å². The third-order valence-electron chi connectivity index (χ3n) is 6.62. The van der Waals surface area contributed by atoms with Gasteiger partial charge in [-0.25, -0.2) is 4.98 Å². The second-order valence-electron chi connectivity index (χ2n) is 7.68. The third-order valence-corrected chi connectivity index (χ3v) is 7.70. The van der Waals surface area contributed by atoms with Crippen molar-refractivity contribution in [2.24, 2.45) is 23.7 Å². The van der Waals surface area contributed by atoms with Crippen LogP contribution in [0.4, 0.5) is 0 Å². The summed E-state index contributed by atoms with van der Waals surface area (Å²) in [6.45, 7) is 0. The maximum atomic E-state index is 6.44. The van der Waals surface area contributed by atoms with Gasteiger partial charge in [-0.1, -0.05) is 12.1 Å². The molecule has 1 aromatic heterocycles. The molecule has 0 radical (unpaired) electrons. The van der Waals surface area contributed by atoms with E-state index >= 15 is 0 Å². The normalized spacial score (nSPS) is 46.6. The van der Waals surface area contributed by atoms with Gasteiger partial charge in [-0.3, -0.25) is 0 Å². The first-order valence-corrected chi connectivity index (χ1v) is 9.18. The maximum absolute atomic E-state index is 6.44. The Morgan fingerprint density at radius 2 is 1.71 bits per heavy atom. The largest absolute Gasteiger partial charge is 0.358 e. The molecular formula is C18H19NOS. The van der Waals surface area contributed by atoms with E-state index in [1.807, 2.05) is 11.3 Å². The van der Waals surface area contributed by atoms with Crippen LogP contribution < -0.4 is 0 Å². The van der Waals surface area contributed by atoms with Gasteiger partial charge in [0.05, 0.1) is 10.2 Å². The van der Waals surface area contributed by atoms with Gasteiger partial charge in [0, 0.05) is 0 Å². The third kappa shape index (κ3) is 1.40. The lowest BCUT2D eigenvalue weighted by molar-refractivity contribution is -0.0558. The lowest BCUT2D eigenvalue weighted by Crippen LogP contribution is -2.51. The average Bonchev–Trinajstić information content (AvgIpc) is 3.08. The fourth-order valence-corrected chi connectivity index (χ4v) is 7.03. The first-order chi connectivity index (χ1) is 10.3. The molecule has 1 unspecified atom stereocenters. The van der Waals surface area contributed by atoms with Crippen LogP contribution in [0.15, 0.2) is 24.3 Å². The van der Waals surface area contributed by atoms with Gasteiger partial charge < -0.3 is 4.74 Å². The Kier molecular flexibility index (Phi) is 2.04. The SMILES string of the molecule is c1ccc2sc(C3OC34C3CC5CC(C3)CC4C5)nc2c1. The van der Waals surface area contributed by atoms with Crippen molar-refractivity contribution in [2.75, 3.05) is 0 Å². The van der Waals surface area contributed by atoms with Crippen molar-refractivity contribution in [1.29, 1.82) is 0 Å². The average molecular weight is 297 g/mol. The molecule has 21 heavy (non-hydrogen) atoms. The summed E-state index contributed by atoms with van der Waals surface area (Å²) in [6.07, 6.45) is 7.52. The molecule has 1 spiro atoms. The van der Waals surface area contributed by atoms with E-state index in [0.29, 0.717) is 6.10 Å². The highest BCUT2D eigenvalue weighted by atomic mass is 32.1. The molecule has 1 saturated heterocycles. The van der Waals surface area contributed by atoms with Gasteiger partial charge in [0.25, 0.3) is 0 Å². The predicted octanol–water partition coefficient (Wildman–Crippen LogP) is 4.56. The number of epoxide rings is 1. The highest BCUT2D eigenvalue weighted by Crippen LogP contribution is 2.71. The molecule has 2 aromatic rings. The highest BCUT2D eigenvalue weighted by Gasteiger charge is 2.72. The number of hydrogen-bond donors (Lipinski definition) is 0. The monoisotopic (exact) mass is 297 g/mol. The summed E-state index contributed by atoms with van der Waals surface area (Å²) >= 11 is 1.85. The number of benzene rings is 1. The van der Waals surface area contributed by atoms with Gasteiger partial charge in [0.2, 0.25) is 0 Å². The van der Waals surface area contributed by atoms with Crippen molar-refractivity contribution in [3.8, 4) is 0 Å². The van der Waals surface area contributed by atoms with Crippen LogP contribution in [-0.4, -0.2) is 10.6 Å². The Balaban J connectivity index is 1.41. The number of fused-ring (bicyclic) bond motifs is 1. The van der Waals surface area contributed by atoms with E-state index < -0.39 is 0 Å². The van der Waals surface area contributed by atoms with Crippen LogP contribution in [0.2, 0.25) is 0 Å². The first-order valence-electron chi connectivity index (χ1n) is 8.36. The molecule has 1 aromatic carbocycles. The lowest BCUT2D eigenvalue weighted by atomic mass is 9.51. The van der Waals surface area contributed by atoms with Crippen molar-refractivity contribution < 1.29 is 4.74 Å². The van der Waals surface area contributed by atoms with Gasteiger partial charge in [-0.15, -0.1) is 11.3 Å². The van der Waals surface area contributed by atoms with Crippen LogP contribution in [0.5, 0.6) is 0 Å². The number of hydrogen-bond acceptors (Lipinski definition) is 3. The summed E-state index contributed by atoms with van der Waals surface area (Å²) in [6, 6.07) is 8.50. The molecule has 0 N–H and O–H groups in total. The standard InChI is InChI=1S/C18H19NOS/c1-2-4-15-14(3-1)19-17(21-15)16-18(20-16)12-6-10-5-11(8-12)9-13(18)7-10/h1-4,10-13,16H,5-9H2. The van der Waals surface area contributed by atoms with Crippen molar-refractivity contribution in [1.82, 2.24) is 4.98 Å². The van der Waals surface area contributed by atoms with E-state index in [4.69, 9.17) is 9.72 Å². The van der Waals surface area contributed by atoms with Gasteiger partial charge in [-0.05, 0) is 67.9 Å². The second kappa shape index (κ2) is 3.69. The summed E-state index contributed by atoms with van der Waals surface area (Å²) in [4.78, 5) is 4.88. The number of aromatic nitrogens is 1. The number of thiazole rings is 1. The molecule has 5 fully saturated rings. The first kappa shape index (κ1) is 11.6. The zero-order valence-electron chi connectivity index (χ0n) is 12.0. The maximum Gasteiger partial charge on any atom is 0.139 e. The topological polar surface area (TPSA) is 25.4 Å². The smallest absolute Gasteiger partial charge is 0.139 e. The predicted molar refractivity (Wildman–Crippen MR) is 83.2 cm³/mol. The number of nitrogens with zero attached hydrogens (tertiary/aromatic N) is 1. The van der Waals surface area contributed by atoms with Crippen LogP contribution in [-0.2, 0) is 4.74 Å². The lowest BCUT2D eigenvalue weighted by Gasteiger charge is -2.53. The van der Waals surface area contributed by atoms with E-state index in [-0.39, 0.29) is 5.60 Å². The molecule has 1 aliphatic heterocycles. The van der Waals surface area contributed by atoms with Gasteiger partial charge in [-0.2, -0.15) is 0 Å². The van der Waals surface area contributed by atoms with Crippen molar-refractivity contribution in [3.05, 3.63) is 29.3 Å². The van der Waals surface area contributed by atoms with E-state index in [1.165, 1.54) is 41.8 Å². The summed E-state index contributed by atoms with van der Waals surface area (Å²) < 4.78 is 7.75. The summed E-state index contributed by atoms with van der Waals surface area (Å²) in [5.41, 5.74) is 1.34. The molecule has 4 aliphatic carbocycles. The number of para-hydroxylation sites is 1. The second-order valence-corrected chi connectivity index (χ2v) is 8.74. The minimum atomic E-state index is 0.196. The molecule has 4 bridgehead atoms. The van der Waals surface area contributed by atoms with Crippen LogP contribution in [0.25, 0.3) is 10.2 Å². The molecule has 0 amide bonds. The zero-order valence-corrected chi connectivity index (χ0v) is 12.8. The van der Waals surface area contributed by atoms with Crippen LogP contribution in [0.3, 0.4) is 0 Å². The van der Waals surface area contributed by atoms with Gasteiger partial charge >= 0.3 is 0 Å². The Morgan fingerprint density at radius 1 is 1.00 bits per heavy atom. The van der Waals surface area contributed by atoms with Crippen molar-refractivity contribution in [2.45, 2.75) is 43.8 Å². The van der Waals surface area contributed by atoms with E-state index in [2.05, 4.69) is 24.3 Å². The van der Waals surface area contributed by atoms with Crippen LogP contribution in [0, 0.1) is 23.7 Å². The molecule has 2 nitrogen and oxygen atoms in total. The minimum Gasteiger partial charge on any atom is -0.358 e. The molecule has 108 valence electrons. The number of rotatable bonds is 1. The fraction of sp³-hybridized carbons (Fsp3) is 0.611. The quantitative estimate of drug-likeness (QED) is 0.721. The van der Waals surface area contributed by atoms with Crippen molar-refractivity contribution >= 4 is 21.6 Å².